The van der Waals surface area contributed by atoms with Crippen LogP contribution in [0.1, 0.15) is 31.5 Å². The molecule has 0 fully saturated rings. The number of rotatable bonds is 5. The number of nitrogens with zero attached hydrogens (tertiary/aromatic N) is 3. The predicted molar refractivity (Wildman–Crippen MR) is 81.0 cm³/mol. The number of aromatic nitrogens is 3. The summed E-state index contributed by atoms with van der Waals surface area (Å²) in [6, 6.07) is 9.90. The van der Waals surface area contributed by atoms with E-state index in [0.29, 0.717) is 0 Å². The highest BCUT2D eigenvalue weighted by Gasteiger charge is 2.22. The van der Waals surface area contributed by atoms with E-state index in [1.54, 1.807) is 11.0 Å². The normalized spacial score (nSPS) is 16.1. The van der Waals surface area contributed by atoms with Crippen molar-refractivity contribution in [3.8, 4) is 5.69 Å². The highest BCUT2D eigenvalue weighted by Crippen LogP contribution is 2.24. The molecule has 1 aliphatic rings. The van der Waals surface area contributed by atoms with Crippen LogP contribution in [0.3, 0.4) is 0 Å². The Labute approximate surface area is 124 Å². The van der Waals surface area contributed by atoms with Gasteiger partial charge >= 0.3 is 0 Å². The van der Waals surface area contributed by atoms with Gasteiger partial charge in [0.25, 0.3) is 0 Å². The van der Waals surface area contributed by atoms with Crippen molar-refractivity contribution < 1.29 is 4.74 Å². The van der Waals surface area contributed by atoms with E-state index in [9.17, 15) is 0 Å². The fraction of sp³-hybridized carbons (Fsp3) is 0.375. The summed E-state index contributed by atoms with van der Waals surface area (Å²) < 4.78 is 5.78. The summed E-state index contributed by atoms with van der Waals surface area (Å²) in [6.07, 6.45) is 6.10. The van der Waals surface area contributed by atoms with Crippen LogP contribution in [-0.2, 0) is 4.74 Å². The average molecular weight is 284 g/mol. The molecule has 1 N–H and O–H groups in total. The van der Waals surface area contributed by atoms with Gasteiger partial charge in [-0.1, -0.05) is 25.1 Å². The highest BCUT2D eigenvalue weighted by molar-refractivity contribution is 5.29. The van der Waals surface area contributed by atoms with Gasteiger partial charge in [0, 0.05) is 0 Å². The molecule has 0 bridgehead atoms. The summed E-state index contributed by atoms with van der Waals surface area (Å²) in [4.78, 5) is 1.66. The van der Waals surface area contributed by atoms with E-state index in [1.165, 1.54) is 0 Å². The second-order valence-corrected chi connectivity index (χ2v) is 4.98. The molecule has 1 aromatic carbocycles. The number of ether oxygens (including phenoxy) is 1. The Morgan fingerprint density at radius 3 is 2.90 bits per heavy atom. The molecule has 0 spiro atoms. The van der Waals surface area contributed by atoms with E-state index in [-0.39, 0.29) is 6.04 Å². The zero-order valence-corrected chi connectivity index (χ0v) is 12.2. The van der Waals surface area contributed by atoms with Crippen LogP contribution in [0, 0.1) is 0 Å². The monoisotopic (exact) mass is 284 g/mol. The molecule has 3 rings (SSSR count). The Kier molecular flexibility index (Phi) is 4.31. The van der Waals surface area contributed by atoms with Crippen molar-refractivity contribution in [3.63, 3.8) is 0 Å². The maximum Gasteiger partial charge on any atom is 0.115 e. The minimum Gasteiger partial charge on any atom is -0.496 e. The van der Waals surface area contributed by atoms with Gasteiger partial charge in [-0.05, 0) is 37.6 Å². The zero-order valence-electron chi connectivity index (χ0n) is 12.2. The third kappa shape index (κ3) is 3.13. The van der Waals surface area contributed by atoms with Gasteiger partial charge < -0.3 is 10.1 Å². The van der Waals surface area contributed by atoms with Crippen molar-refractivity contribution in [1.29, 1.82) is 0 Å². The Balaban J connectivity index is 1.87. The van der Waals surface area contributed by atoms with Crippen LogP contribution < -0.4 is 5.32 Å². The molecule has 1 atom stereocenters. The molecule has 1 aromatic heterocycles. The van der Waals surface area contributed by atoms with Gasteiger partial charge in [-0.25, -0.2) is 0 Å². The van der Waals surface area contributed by atoms with E-state index in [1.807, 2.05) is 30.3 Å². The highest BCUT2D eigenvalue weighted by atomic mass is 16.5. The number of hydrogen-bond acceptors (Lipinski definition) is 4. The van der Waals surface area contributed by atoms with E-state index >= 15 is 0 Å². The lowest BCUT2D eigenvalue weighted by atomic mass is 10.1. The van der Waals surface area contributed by atoms with Gasteiger partial charge in [0.2, 0.25) is 0 Å². The van der Waals surface area contributed by atoms with Crippen molar-refractivity contribution in [2.45, 2.75) is 25.8 Å². The maximum absolute atomic E-state index is 5.78. The number of benzene rings is 1. The second-order valence-electron chi connectivity index (χ2n) is 4.98. The van der Waals surface area contributed by atoms with Crippen molar-refractivity contribution in [3.05, 3.63) is 54.1 Å². The molecule has 21 heavy (non-hydrogen) atoms. The number of nitrogens with one attached hydrogen (secondary N) is 1. The average Bonchev–Trinajstić information content (AvgIpc) is 3.04. The van der Waals surface area contributed by atoms with Gasteiger partial charge in [-0.3, -0.25) is 0 Å². The first-order chi connectivity index (χ1) is 10.4. The van der Waals surface area contributed by atoms with Crippen molar-refractivity contribution in [2.75, 3.05) is 13.2 Å². The van der Waals surface area contributed by atoms with Crippen LogP contribution in [-0.4, -0.2) is 28.1 Å². The van der Waals surface area contributed by atoms with E-state index in [0.717, 1.165) is 43.1 Å². The SMILES string of the molecule is CCNC(C1=CCCCO1)c1cnn(-c2ccccc2)n1. The van der Waals surface area contributed by atoms with Gasteiger partial charge in [0.05, 0.1) is 18.5 Å². The van der Waals surface area contributed by atoms with Gasteiger partial charge in [-0.2, -0.15) is 15.0 Å². The van der Waals surface area contributed by atoms with Gasteiger partial charge in [0.1, 0.15) is 17.5 Å². The first-order valence-electron chi connectivity index (χ1n) is 7.42. The van der Waals surface area contributed by atoms with Crippen LogP contribution in [0.5, 0.6) is 0 Å². The lowest BCUT2D eigenvalue weighted by molar-refractivity contribution is 0.167. The maximum atomic E-state index is 5.78. The quantitative estimate of drug-likeness (QED) is 0.917. The standard InChI is InChI=1S/C16H20N4O/c1-2-17-16(15-10-6-7-11-21-15)14-12-18-20(19-14)13-8-4-3-5-9-13/h3-5,8-10,12,16-17H,2,6-7,11H2,1H3. The molecule has 0 radical (unpaired) electrons. The molecular formula is C16H20N4O. The Morgan fingerprint density at radius 2 is 2.19 bits per heavy atom. The number of hydrogen-bond donors (Lipinski definition) is 1. The number of allylic oxidation sites excluding steroid dienone is 1. The molecule has 0 aliphatic carbocycles. The molecule has 2 heterocycles. The first-order valence-corrected chi connectivity index (χ1v) is 7.42. The van der Waals surface area contributed by atoms with Crippen LogP contribution in [0.4, 0.5) is 0 Å². The Hall–Kier alpha value is -2.14. The van der Waals surface area contributed by atoms with Crippen LogP contribution in [0.15, 0.2) is 48.4 Å². The fourth-order valence-corrected chi connectivity index (χ4v) is 2.43. The minimum absolute atomic E-state index is 0.0206. The molecule has 5 nitrogen and oxygen atoms in total. The minimum atomic E-state index is -0.0206. The molecule has 0 saturated carbocycles. The summed E-state index contributed by atoms with van der Waals surface area (Å²) in [7, 11) is 0. The Morgan fingerprint density at radius 1 is 1.33 bits per heavy atom. The van der Waals surface area contributed by atoms with Crippen molar-refractivity contribution >= 4 is 0 Å². The fourth-order valence-electron chi connectivity index (χ4n) is 2.43. The van der Waals surface area contributed by atoms with E-state index in [2.05, 4.69) is 28.5 Å². The Bertz CT molecular complexity index is 606. The first kappa shape index (κ1) is 13.8. The molecular weight excluding hydrogens is 264 g/mol. The summed E-state index contributed by atoms with van der Waals surface area (Å²) in [5.74, 6) is 0.961. The van der Waals surface area contributed by atoms with E-state index < -0.39 is 0 Å². The van der Waals surface area contributed by atoms with Gasteiger partial charge in [0.15, 0.2) is 0 Å². The third-order valence-corrected chi connectivity index (χ3v) is 3.45. The van der Waals surface area contributed by atoms with Gasteiger partial charge in [-0.15, -0.1) is 0 Å². The molecule has 5 heteroatoms. The number of para-hydroxylation sites is 1. The zero-order chi connectivity index (χ0) is 14.5. The molecule has 110 valence electrons. The van der Waals surface area contributed by atoms with Crippen LogP contribution in [0.2, 0.25) is 0 Å². The van der Waals surface area contributed by atoms with E-state index in [4.69, 9.17) is 4.74 Å². The van der Waals surface area contributed by atoms with Crippen LogP contribution in [0.25, 0.3) is 5.69 Å². The van der Waals surface area contributed by atoms with Crippen molar-refractivity contribution in [1.82, 2.24) is 20.3 Å². The number of likely N-dealkylation sites (N-methyl/N-ethyl adjacent to an activating group) is 1. The summed E-state index contributed by atoms with van der Waals surface area (Å²) in [6.45, 7) is 3.71. The summed E-state index contributed by atoms with van der Waals surface area (Å²) in [5.41, 5.74) is 1.84. The molecule has 0 amide bonds. The predicted octanol–water partition coefficient (Wildman–Crippen LogP) is 2.61. The van der Waals surface area contributed by atoms with Crippen molar-refractivity contribution in [2.24, 2.45) is 0 Å². The molecule has 1 unspecified atom stereocenters. The molecule has 1 aliphatic heterocycles. The smallest absolute Gasteiger partial charge is 0.115 e. The summed E-state index contributed by atoms with van der Waals surface area (Å²) >= 11 is 0. The lowest BCUT2D eigenvalue weighted by Crippen LogP contribution is -2.25. The molecule has 2 aromatic rings. The third-order valence-electron chi connectivity index (χ3n) is 3.45. The summed E-state index contributed by atoms with van der Waals surface area (Å²) in [5, 5.41) is 12.4. The second kappa shape index (κ2) is 6.54. The largest absolute Gasteiger partial charge is 0.496 e. The van der Waals surface area contributed by atoms with Crippen LogP contribution >= 0.6 is 0 Å². The molecule has 0 saturated heterocycles. The topological polar surface area (TPSA) is 52.0 Å². The lowest BCUT2D eigenvalue weighted by Gasteiger charge is -2.22.